The summed E-state index contributed by atoms with van der Waals surface area (Å²) < 4.78 is 12.7. The first kappa shape index (κ1) is 32.2. The molecule has 11 heteroatoms. The van der Waals surface area contributed by atoms with Crippen LogP contribution in [0.4, 0.5) is 5.69 Å². The zero-order chi connectivity index (χ0) is 30.6. The largest absolute Gasteiger partial charge is 0.481 e. The molecule has 4 N–H and O–H groups in total. The van der Waals surface area contributed by atoms with E-state index < -0.39 is 18.2 Å². The molecule has 0 unspecified atom stereocenters. The Bertz CT molecular complexity index is 1370. The Kier molecular flexibility index (Phi) is 12.1. The zero-order valence-corrected chi connectivity index (χ0v) is 24.5. The lowest BCUT2D eigenvalue weighted by Crippen LogP contribution is -2.31. The molecule has 0 bridgehead atoms. The molecule has 1 aliphatic heterocycles. The molecule has 3 atom stereocenters. The fourth-order valence-corrected chi connectivity index (χ4v) is 5.73. The van der Waals surface area contributed by atoms with Crippen molar-refractivity contribution in [1.82, 2.24) is 4.98 Å². The minimum Gasteiger partial charge on any atom is -0.481 e. The molecule has 43 heavy (non-hydrogen) atoms. The topological polar surface area (TPSA) is 155 Å². The highest BCUT2D eigenvalue weighted by Gasteiger charge is 2.32. The lowest BCUT2D eigenvalue weighted by atomic mass is 10.0. The molecule has 1 saturated heterocycles. The Morgan fingerprint density at radius 3 is 2.26 bits per heavy atom. The van der Waals surface area contributed by atoms with Gasteiger partial charge in [-0.05, 0) is 48.2 Å². The van der Waals surface area contributed by atoms with Crippen LogP contribution >= 0.6 is 11.8 Å². The van der Waals surface area contributed by atoms with Crippen molar-refractivity contribution in [3.8, 4) is 0 Å². The van der Waals surface area contributed by atoms with E-state index in [2.05, 4.69) is 10.3 Å². The monoisotopic (exact) mass is 608 g/mol. The van der Waals surface area contributed by atoms with Gasteiger partial charge in [0.1, 0.15) is 5.03 Å². The van der Waals surface area contributed by atoms with Gasteiger partial charge in [-0.3, -0.25) is 9.59 Å². The smallest absolute Gasteiger partial charge is 0.338 e. The van der Waals surface area contributed by atoms with Crippen LogP contribution in [0.1, 0.15) is 84.4 Å². The predicted molar refractivity (Wildman–Crippen MR) is 161 cm³/mol. The van der Waals surface area contributed by atoms with Crippen LogP contribution in [-0.4, -0.2) is 50.0 Å². The van der Waals surface area contributed by atoms with Crippen molar-refractivity contribution in [2.45, 2.75) is 75.1 Å². The lowest BCUT2D eigenvalue weighted by molar-refractivity contribution is -0.245. The van der Waals surface area contributed by atoms with E-state index >= 15 is 0 Å². The average molecular weight is 609 g/mol. The molecule has 0 spiro atoms. The highest BCUT2D eigenvalue weighted by atomic mass is 32.2. The van der Waals surface area contributed by atoms with Gasteiger partial charge >= 0.3 is 11.9 Å². The fourth-order valence-electron chi connectivity index (χ4n) is 4.73. The quantitative estimate of drug-likeness (QED) is 0.120. The van der Waals surface area contributed by atoms with E-state index in [1.165, 1.54) is 17.8 Å². The van der Waals surface area contributed by atoms with Crippen molar-refractivity contribution in [2.24, 2.45) is 0 Å². The number of unbranched alkanes of at least 4 members (excludes halogenated alkanes) is 3. The minimum atomic E-state index is -1.04. The Balaban J connectivity index is 1.39. The van der Waals surface area contributed by atoms with Crippen molar-refractivity contribution in [1.29, 1.82) is 0 Å². The van der Waals surface area contributed by atoms with E-state index in [-0.39, 0.29) is 36.7 Å². The van der Waals surface area contributed by atoms with Crippen molar-refractivity contribution < 1.29 is 39.2 Å². The maximum absolute atomic E-state index is 12.4. The van der Waals surface area contributed by atoms with Crippen molar-refractivity contribution >= 4 is 35.3 Å². The average Bonchev–Trinajstić information content (AvgIpc) is 3.02. The normalized spacial score (nSPS) is 18.2. The van der Waals surface area contributed by atoms with E-state index in [0.29, 0.717) is 42.1 Å². The number of aliphatic carboxylic acids is 1. The third-order valence-corrected chi connectivity index (χ3v) is 8.17. The predicted octanol–water partition coefficient (Wildman–Crippen LogP) is 5.97. The number of rotatable bonds is 15. The number of aliphatic hydroxyl groups is 1. The van der Waals surface area contributed by atoms with Gasteiger partial charge in [-0.25, -0.2) is 9.78 Å². The molecular weight excluding hydrogens is 572 g/mol. The van der Waals surface area contributed by atoms with Crippen molar-refractivity contribution in [3.63, 3.8) is 0 Å². The molecular formula is C32H36N2O8S. The SMILES string of the molecule is O=C(O)CCCCCCC(=O)Nc1ccc([C@H]2O[C@@H](CSc3ncccc3C(=O)O)C[C@@H](c3ccc(CO)cc3)O2)cc1. The number of carbonyl (C=O) groups excluding carboxylic acids is 1. The van der Waals surface area contributed by atoms with Crippen LogP contribution in [-0.2, 0) is 25.7 Å². The summed E-state index contributed by atoms with van der Waals surface area (Å²) >= 11 is 1.32. The number of nitrogens with one attached hydrogen (secondary N) is 1. The van der Waals surface area contributed by atoms with E-state index in [0.717, 1.165) is 29.5 Å². The van der Waals surface area contributed by atoms with E-state index in [1.54, 1.807) is 24.4 Å². The van der Waals surface area contributed by atoms with E-state index in [1.807, 2.05) is 36.4 Å². The number of carboxylic acids is 2. The van der Waals surface area contributed by atoms with Gasteiger partial charge in [0.15, 0.2) is 6.29 Å². The number of aromatic nitrogens is 1. The number of carboxylic acid groups (broad SMARTS) is 2. The highest BCUT2D eigenvalue weighted by Crippen LogP contribution is 2.39. The van der Waals surface area contributed by atoms with Crippen LogP contribution in [0.2, 0.25) is 0 Å². The molecule has 0 radical (unpaired) electrons. The number of pyridine rings is 1. The summed E-state index contributed by atoms with van der Waals surface area (Å²) in [4.78, 5) is 38.8. The molecule has 3 aromatic rings. The molecule has 0 saturated carbocycles. The van der Waals surface area contributed by atoms with Crippen LogP contribution in [0.25, 0.3) is 0 Å². The van der Waals surface area contributed by atoms with Gasteiger partial charge in [-0.1, -0.05) is 49.2 Å². The second-order valence-corrected chi connectivity index (χ2v) is 11.3. The maximum atomic E-state index is 12.4. The van der Waals surface area contributed by atoms with E-state index in [9.17, 15) is 24.6 Å². The third kappa shape index (κ3) is 9.89. The number of aromatic carboxylic acids is 1. The summed E-state index contributed by atoms with van der Waals surface area (Å²) in [5.74, 6) is -1.47. The number of benzene rings is 2. The maximum Gasteiger partial charge on any atom is 0.338 e. The van der Waals surface area contributed by atoms with Gasteiger partial charge < -0.3 is 30.1 Å². The van der Waals surface area contributed by atoms with Gasteiger partial charge in [-0.15, -0.1) is 11.8 Å². The Labute approximate surface area is 254 Å². The van der Waals surface area contributed by atoms with Gasteiger partial charge in [0.25, 0.3) is 0 Å². The Hall–Kier alpha value is -3.77. The summed E-state index contributed by atoms with van der Waals surface area (Å²) in [5, 5.41) is 31.0. The summed E-state index contributed by atoms with van der Waals surface area (Å²) in [6.07, 6.45) is 4.25. The molecule has 2 heterocycles. The van der Waals surface area contributed by atoms with E-state index in [4.69, 9.17) is 14.6 Å². The second-order valence-electron chi connectivity index (χ2n) is 10.3. The third-order valence-electron chi connectivity index (χ3n) is 7.03. The Morgan fingerprint density at radius 1 is 0.884 bits per heavy atom. The number of hydrogen-bond donors (Lipinski definition) is 4. The zero-order valence-electron chi connectivity index (χ0n) is 23.7. The molecule has 1 fully saturated rings. The number of nitrogens with zero attached hydrogens (tertiary/aromatic N) is 1. The van der Waals surface area contributed by atoms with Crippen LogP contribution in [0.15, 0.2) is 71.9 Å². The summed E-state index contributed by atoms with van der Waals surface area (Å²) in [5.41, 5.74) is 3.30. The number of aliphatic hydroxyl groups excluding tert-OH is 1. The van der Waals surface area contributed by atoms with Gasteiger partial charge in [0, 0.05) is 42.5 Å². The molecule has 0 aliphatic carbocycles. The number of amides is 1. The molecule has 10 nitrogen and oxygen atoms in total. The second kappa shape index (κ2) is 16.2. The van der Waals surface area contributed by atoms with Gasteiger partial charge in [-0.2, -0.15) is 0 Å². The summed E-state index contributed by atoms with van der Waals surface area (Å²) in [7, 11) is 0. The van der Waals surface area contributed by atoms with Gasteiger partial charge in [0.05, 0.1) is 24.4 Å². The highest BCUT2D eigenvalue weighted by molar-refractivity contribution is 7.99. The molecule has 4 rings (SSSR count). The standard InChI is InChI=1S/C32H36N2O8S/c35-19-21-9-11-22(12-10-21)27-18-25(20-43-30-26(31(39)40)6-5-17-33-30)41-32(42-27)23-13-15-24(16-14-23)34-28(36)7-3-1-2-4-8-29(37)38/h5-6,9-17,25,27,32,35H,1-4,7-8,18-20H2,(H,34,36)(H,37,38)(H,39,40)/t25-,27+,32+/m1/s1. The Morgan fingerprint density at radius 2 is 1.58 bits per heavy atom. The van der Waals surface area contributed by atoms with Gasteiger partial charge in [0.2, 0.25) is 5.91 Å². The number of anilines is 1. The number of thioether (sulfide) groups is 1. The number of ether oxygens (including phenoxy) is 2. The van der Waals surface area contributed by atoms with Crippen molar-refractivity contribution in [2.75, 3.05) is 11.1 Å². The first-order chi connectivity index (χ1) is 20.8. The number of carbonyl (C=O) groups is 3. The molecule has 1 aliphatic rings. The van der Waals surface area contributed by atoms with Crippen LogP contribution < -0.4 is 5.32 Å². The molecule has 228 valence electrons. The van der Waals surface area contributed by atoms with Crippen LogP contribution in [0, 0.1) is 0 Å². The van der Waals surface area contributed by atoms with Crippen LogP contribution in [0.3, 0.4) is 0 Å². The minimum absolute atomic E-state index is 0.0531. The molecule has 1 amide bonds. The fraction of sp³-hybridized carbons (Fsp3) is 0.375. The van der Waals surface area contributed by atoms with Crippen molar-refractivity contribution in [3.05, 3.63) is 89.1 Å². The first-order valence-corrected chi connectivity index (χ1v) is 15.2. The molecule has 1 aromatic heterocycles. The summed E-state index contributed by atoms with van der Waals surface area (Å²) in [6.45, 7) is -0.0531. The number of hydrogen-bond acceptors (Lipinski definition) is 8. The first-order valence-electron chi connectivity index (χ1n) is 14.3. The lowest BCUT2D eigenvalue weighted by Gasteiger charge is -2.36. The molecule has 2 aromatic carbocycles. The van der Waals surface area contributed by atoms with Crippen LogP contribution in [0.5, 0.6) is 0 Å². The summed E-state index contributed by atoms with van der Waals surface area (Å²) in [6, 6.07) is 18.0.